The zero-order valence-corrected chi connectivity index (χ0v) is 14.4. The Labute approximate surface area is 147 Å². The summed E-state index contributed by atoms with van der Waals surface area (Å²) < 4.78 is 55.0. The molecular formula is C16H17Cl2F4NO. The van der Waals surface area contributed by atoms with E-state index in [0.717, 1.165) is 11.1 Å². The second-order valence-corrected chi connectivity index (χ2v) is 7.84. The van der Waals surface area contributed by atoms with Crippen molar-refractivity contribution in [3.05, 3.63) is 33.6 Å². The summed E-state index contributed by atoms with van der Waals surface area (Å²) in [6.07, 6.45) is -3.96. The minimum absolute atomic E-state index is 0.0133. The Kier molecular flexibility index (Phi) is 4.35. The van der Waals surface area contributed by atoms with Crippen LogP contribution in [0.4, 0.5) is 17.6 Å². The monoisotopic (exact) mass is 385 g/mol. The first kappa shape index (κ1) is 18.2. The molecule has 134 valence electrons. The van der Waals surface area contributed by atoms with Gasteiger partial charge in [0.15, 0.2) is 0 Å². The lowest BCUT2D eigenvalue weighted by Gasteiger charge is -2.39. The SMILES string of the molecule is CN(O)C(c1c(F)ccc(Cl)c1Cl)C12CCC(C(F)(F)F)(CC1)C2. The van der Waals surface area contributed by atoms with Gasteiger partial charge in [-0.25, -0.2) is 4.39 Å². The van der Waals surface area contributed by atoms with Crippen molar-refractivity contribution < 1.29 is 22.8 Å². The maximum Gasteiger partial charge on any atom is 0.394 e. The Hall–Kier alpha value is -0.560. The van der Waals surface area contributed by atoms with E-state index in [2.05, 4.69) is 0 Å². The molecule has 0 heterocycles. The standard InChI is InChI=1S/C16H17Cl2F4NO/c1-23(24)13(11-10(19)3-2-9(17)12(11)18)14-4-6-15(8-14,7-5-14)16(20,21)22/h2-3,13,24H,4-8H2,1H3. The highest BCUT2D eigenvalue weighted by molar-refractivity contribution is 6.42. The van der Waals surface area contributed by atoms with Crippen molar-refractivity contribution in [1.29, 1.82) is 0 Å². The molecule has 2 fully saturated rings. The van der Waals surface area contributed by atoms with Gasteiger partial charge in [-0.05, 0) is 49.7 Å². The number of nitrogens with zero attached hydrogens (tertiary/aromatic N) is 1. The minimum Gasteiger partial charge on any atom is -0.314 e. The number of fused-ring (bicyclic) bond motifs is 2. The predicted octanol–water partition coefficient (Wildman–Crippen LogP) is 6.01. The van der Waals surface area contributed by atoms with Crippen LogP contribution in [0.25, 0.3) is 0 Å². The number of hydrogen-bond acceptors (Lipinski definition) is 2. The van der Waals surface area contributed by atoms with Gasteiger partial charge in [-0.2, -0.15) is 18.2 Å². The van der Waals surface area contributed by atoms with Crippen LogP contribution >= 0.6 is 23.2 Å². The van der Waals surface area contributed by atoms with E-state index in [-0.39, 0.29) is 47.7 Å². The maximum absolute atomic E-state index is 14.4. The van der Waals surface area contributed by atoms with Gasteiger partial charge in [0.05, 0.1) is 21.5 Å². The Morgan fingerprint density at radius 3 is 2.21 bits per heavy atom. The zero-order chi connectivity index (χ0) is 17.9. The molecule has 2 nitrogen and oxygen atoms in total. The molecule has 0 radical (unpaired) electrons. The van der Waals surface area contributed by atoms with E-state index in [1.54, 1.807) is 0 Å². The Balaban J connectivity index is 2.08. The first-order valence-corrected chi connectivity index (χ1v) is 8.40. The van der Waals surface area contributed by atoms with Crippen molar-refractivity contribution in [3.63, 3.8) is 0 Å². The van der Waals surface area contributed by atoms with Crippen LogP contribution in [0.1, 0.15) is 43.7 Å². The van der Waals surface area contributed by atoms with Gasteiger partial charge in [-0.1, -0.05) is 23.2 Å². The predicted molar refractivity (Wildman–Crippen MR) is 82.7 cm³/mol. The highest BCUT2D eigenvalue weighted by atomic mass is 35.5. The molecule has 2 saturated carbocycles. The lowest BCUT2D eigenvalue weighted by Crippen LogP contribution is -2.36. The number of halogens is 6. The van der Waals surface area contributed by atoms with E-state index in [1.807, 2.05) is 0 Å². The molecule has 1 atom stereocenters. The number of rotatable bonds is 3. The van der Waals surface area contributed by atoms with Gasteiger partial charge in [0.1, 0.15) is 5.82 Å². The van der Waals surface area contributed by atoms with E-state index in [4.69, 9.17) is 23.2 Å². The summed E-state index contributed by atoms with van der Waals surface area (Å²) in [5.74, 6) is -0.680. The fourth-order valence-corrected chi connectivity index (χ4v) is 5.11. The normalized spacial score (nSPS) is 31.0. The van der Waals surface area contributed by atoms with E-state index >= 15 is 0 Å². The van der Waals surface area contributed by atoms with Gasteiger partial charge < -0.3 is 5.21 Å². The van der Waals surface area contributed by atoms with Gasteiger partial charge in [0.25, 0.3) is 0 Å². The first-order valence-electron chi connectivity index (χ1n) is 7.65. The Morgan fingerprint density at radius 2 is 1.75 bits per heavy atom. The van der Waals surface area contributed by atoms with Crippen LogP contribution in [-0.2, 0) is 0 Å². The quantitative estimate of drug-likeness (QED) is 0.391. The maximum atomic E-state index is 14.4. The molecule has 0 aromatic heterocycles. The van der Waals surface area contributed by atoms with Gasteiger partial charge >= 0.3 is 6.18 Å². The second kappa shape index (κ2) is 5.73. The molecule has 1 aromatic carbocycles. The molecule has 1 unspecified atom stereocenters. The smallest absolute Gasteiger partial charge is 0.314 e. The third-order valence-electron chi connectivity index (χ3n) is 5.80. The van der Waals surface area contributed by atoms with Crippen molar-refractivity contribution in [2.45, 2.75) is 44.3 Å². The minimum atomic E-state index is -4.31. The molecule has 8 heteroatoms. The van der Waals surface area contributed by atoms with Crippen molar-refractivity contribution in [1.82, 2.24) is 5.06 Å². The van der Waals surface area contributed by atoms with E-state index < -0.39 is 28.9 Å². The average Bonchev–Trinajstić information content (AvgIpc) is 3.05. The van der Waals surface area contributed by atoms with Crippen LogP contribution in [0.5, 0.6) is 0 Å². The lowest BCUT2D eigenvalue weighted by atomic mass is 9.74. The molecule has 0 amide bonds. The van der Waals surface area contributed by atoms with E-state index in [0.29, 0.717) is 0 Å². The molecule has 24 heavy (non-hydrogen) atoms. The van der Waals surface area contributed by atoms with Gasteiger partial charge in [-0.15, -0.1) is 0 Å². The summed E-state index contributed by atoms with van der Waals surface area (Å²) in [6.45, 7) is 0. The molecule has 0 aliphatic heterocycles. The topological polar surface area (TPSA) is 23.5 Å². The number of hydrogen-bond donors (Lipinski definition) is 1. The molecule has 2 bridgehead atoms. The molecule has 2 aliphatic carbocycles. The van der Waals surface area contributed by atoms with Gasteiger partial charge in [0.2, 0.25) is 0 Å². The van der Waals surface area contributed by atoms with E-state index in [1.165, 1.54) is 13.1 Å². The van der Waals surface area contributed by atoms with Crippen molar-refractivity contribution in [3.8, 4) is 0 Å². The van der Waals surface area contributed by atoms with Crippen molar-refractivity contribution in [2.75, 3.05) is 7.05 Å². The van der Waals surface area contributed by atoms with Gasteiger partial charge in [-0.3, -0.25) is 0 Å². The molecule has 2 aliphatic rings. The van der Waals surface area contributed by atoms with Crippen LogP contribution in [0, 0.1) is 16.6 Å². The third kappa shape index (κ3) is 2.54. The van der Waals surface area contributed by atoms with E-state index in [9.17, 15) is 22.8 Å². The van der Waals surface area contributed by atoms with Crippen molar-refractivity contribution in [2.24, 2.45) is 10.8 Å². The van der Waals surface area contributed by atoms with Crippen molar-refractivity contribution >= 4 is 23.2 Å². The number of alkyl halides is 3. The molecule has 1 aromatic rings. The number of benzene rings is 1. The first-order chi connectivity index (χ1) is 11.0. The molecular weight excluding hydrogens is 369 g/mol. The van der Waals surface area contributed by atoms with Crippen LogP contribution in [0.15, 0.2) is 12.1 Å². The summed E-state index contributed by atoms with van der Waals surface area (Å²) in [5, 5.41) is 11.0. The van der Waals surface area contributed by atoms with Crippen LogP contribution < -0.4 is 0 Å². The average molecular weight is 386 g/mol. The second-order valence-electron chi connectivity index (χ2n) is 7.05. The van der Waals surface area contributed by atoms with Crippen LogP contribution in [0.3, 0.4) is 0 Å². The highest BCUT2D eigenvalue weighted by Gasteiger charge is 2.68. The lowest BCUT2D eigenvalue weighted by molar-refractivity contribution is -0.220. The fourth-order valence-electron chi connectivity index (χ4n) is 4.69. The van der Waals surface area contributed by atoms with Crippen LogP contribution in [0.2, 0.25) is 10.0 Å². The molecule has 0 spiro atoms. The largest absolute Gasteiger partial charge is 0.394 e. The summed E-state index contributed by atoms with van der Waals surface area (Å²) in [4.78, 5) is 0. The molecule has 3 rings (SSSR count). The summed E-state index contributed by atoms with van der Waals surface area (Å²) in [7, 11) is 1.31. The number of hydroxylamine groups is 2. The summed E-state index contributed by atoms with van der Waals surface area (Å²) in [5.41, 5.74) is -2.66. The fraction of sp³-hybridized carbons (Fsp3) is 0.625. The Bertz CT molecular complexity index is 654. The molecule has 0 saturated heterocycles. The highest BCUT2D eigenvalue weighted by Crippen LogP contribution is 2.71. The summed E-state index contributed by atoms with van der Waals surface area (Å²) in [6, 6.07) is 1.44. The van der Waals surface area contributed by atoms with Gasteiger partial charge in [0, 0.05) is 12.6 Å². The molecule has 1 N–H and O–H groups in total. The summed E-state index contributed by atoms with van der Waals surface area (Å²) >= 11 is 12.1. The van der Waals surface area contributed by atoms with Crippen LogP contribution in [-0.4, -0.2) is 23.5 Å². The Morgan fingerprint density at radius 1 is 1.17 bits per heavy atom. The zero-order valence-electron chi connectivity index (χ0n) is 12.9. The third-order valence-corrected chi connectivity index (χ3v) is 6.62.